The fraction of sp³-hybridized carbons (Fsp3) is 0.688. The van der Waals surface area contributed by atoms with E-state index < -0.39 is 0 Å². The molecule has 1 amide bonds. The summed E-state index contributed by atoms with van der Waals surface area (Å²) in [6.45, 7) is 6.84. The van der Waals surface area contributed by atoms with Gasteiger partial charge in [-0.2, -0.15) is 0 Å². The number of nitrogens with zero attached hydrogens (tertiary/aromatic N) is 2. The molecule has 1 aromatic rings. The van der Waals surface area contributed by atoms with Crippen molar-refractivity contribution in [3.05, 3.63) is 23.5 Å². The fourth-order valence-corrected chi connectivity index (χ4v) is 2.93. The summed E-state index contributed by atoms with van der Waals surface area (Å²) in [4.78, 5) is 19.8. The lowest BCUT2D eigenvalue weighted by Crippen LogP contribution is -2.33. The molecule has 1 saturated heterocycles. The first kappa shape index (κ1) is 16.0. The van der Waals surface area contributed by atoms with E-state index in [1.807, 2.05) is 24.1 Å². The Kier molecular flexibility index (Phi) is 5.82. The molecule has 1 fully saturated rings. The largest absolute Gasteiger partial charge is 0.383 e. The van der Waals surface area contributed by atoms with Gasteiger partial charge in [0.2, 0.25) is 0 Å². The highest BCUT2D eigenvalue weighted by molar-refractivity contribution is 5.92. The highest BCUT2D eigenvalue weighted by Gasteiger charge is 2.25. The Labute approximate surface area is 127 Å². The minimum Gasteiger partial charge on any atom is -0.383 e. The summed E-state index contributed by atoms with van der Waals surface area (Å²) in [6, 6.07) is 3.88. The van der Waals surface area contributed by atoms with E-state index >= 15 is 0 Å². The first-order valence-corrected chi connectivity index (χ1v) is 7.78. The number of H-pyrrole nitrogens is 1. The van der Waals surface area contributed by atoms with Gasteiger partial charge in [0.15, 0.2) is 0 Å². The van der Waals surface area contributed by atoms with Crippen molar-refractivity contribution in [2.75, 3.05) is 46.9 Å². The van der Waals surface area contributed by atoms with Crippen LogP contribution in [0.25, 0.3) is 0 Å². The predicted octanol–water partition coefficient (Wildman–Crippen LogP) is 1.62. The van der Waals surface area contributed by atoms with Gasteiger partial charge in [-0.25, -0.2) is 0 Å². The average molecular weight is 293 g/mol. The van der Waals surface area contributed by atoms with Gasteiger partial charge in [0.1, 0.15) is 5.69 Å². The first-order valence-electron chi connectivity index (χ1n) is 7.78. The van der Waals surface area contributed by atoms with Gasteiger partial charge in [-0.15, -0.1) is 0 Å². The lowest BCUT2D eigenvalue weighted by Gasteiger charge is -2.21. The second-order valence-corrected chi connectivity index (χ2v) is 5.88. The van der Waals surface area contributed by atoms with Crippen molar-refractivity contribution in [3.8, 4) is 0 Å². The van der Waals surface area contributed by atoms with E-state index in [9.17, 15) is 4.79 Å². The summed E-state index contributed by atoms with van der Waals surface area (Å²) >= 11 is 0. The van der Waals surface area contributed by atoms with E-state index in [-0.39, 0.29) is 5.91 Å². The van der Waals surface area contributed by atoms with Gasteiger partial charge in [0, 0.05) is 39.5 Å². The molecular weight excluding hydrogens is 266 g/mol. The second-order valence-electron chi connectivity index (χ2n) is 5.88. The molecule has 2 heterocycles. The van der Waals surface area contributed by atoms with Crippen molar-refractivity contribution in [1.29, 1.82) is 0 Å². The van der Waals surface area contributed by atoms with Gasteiger partial charge < -0.3 is 19.5 Å². The third-order valence-electron chi connectivity index (χ3n) is 4.22. The quantitative estimate of drug-likeness (QED) is 0.831. The zero-order chi connectivity index (χ0) is 15.2. The molecule has 1 atom stereocenters. The lowest BCUT2D eigenvalue weighted by atomic mass is 10.1. The number of aromatic amines is 1. The topological polar surface area (TPSA) is 48.6 Å². The molecule has 118 valence electrons. The fourth-order valence-electron chi connectivity index (χ4n) is 2.93. The Morgan fingerprint density at radius 1 is 1.52 bits per heavy atom. The van der Waals surface area contributed by atoms with E-state index in [1.54, 1.807) is 7.11 Å². The smallest absolute Gasteiger partial charge is 0.270 e. The van der Waals surface area contributed by atoms with Crippen LogP contribution in [0.15, 0.2) is 12.1 Å². The van der Waals surface area contributed by atoms with Crippen LogP contribution in [0.1, 0.15) is 29.5 Å². The number of aromatic nitrogens is 1. The van der Waals surface area contributed by atoms with Crippen molar-refractivity contribution in [2.45, 2.75) is 19.8 Å². The number of ether oxygens (including phenoxy) is 1. The Balaban J connectivity index is 1.81. The van der Waals surface area contributed by atoms with Crippen molar-refractivity contribution >= 4 is 5.91 Å². The Morgan fingerprint density at radius 2 is 2.33 bits per heavy atom. The average Bonchev–Trinajstić information content (AvgIpc) is 3.13. The van der Waals surface area contributed by atoms with Gasteiger partial charge in [-0.1, -0.05) is 6.92 Å². The summed E-state index contributed by atoms with van der Waals surface area (Å²) in [5, 5.41) is 0. The number of nitrogens with one attached hydrogen (secondary N) is 1. The van der Waals surface area contributed by atoms with Crippen molar-refractivity contribution in [1.82, 2.24) is 14.8 Å². The van der Waals surface area contributed by atoms with E-state index in [2.05, 4.69) is 16.8 Å². The zero-order valence-electron chi connectivity index (χ0n) is 13.4. The number of hydrogen-bond acceptors (Lipinski definition) is 3. The first-order chi connectivity index (χ1) is 10.1. The summed E-state index contributed by atoms with van der Waals surface area (Å²) in [6.07, 6.45) is 2.08. The van der Waals surface area contributed by atoms with Crippen LogP contribution in [0.4, 0.5) is 0 Å². The van der Waals surface area contributed by atoms with Crippen LogP contribution in [-0.4, -0.2) is 67.6 Å². The molecule has 1 aromatic heterocycles. The summed E-state index contributed by atoms with van der Waals surface area (Å²) in [5.74, 6) is 0.654. The number of amides is 1. The molecular formula is C16H27N3O2. The number of carbonyl (C=O) groups is 1. The molecule has 0 saturated carbocycles. The van der Waals surface area contributed by atoms with Gasteiger partial charge >= 0.3 is 0 Å². The third kappa shape index (κ3) is 4.32. The van der Waals surface area contributed by atoms with Gasteiger partial charge in [-0.3, -0.25) is 4.79 Å². The highest BCUT2D eigenvalue weighted by atomic mass is 16.5. The van der Waals surface area contributed by atoms with Crippen LogP contribution < -0.4 is 0 Å². The SMILES string of the molecule is CCc1ccc(C(=O)N(C)C[C@H]2CCN(CCOC)C2)[nH]1. The van der Waals surface area contributed by atoms with Crippen LogP contribution in [0.2, 0.25) is 0 Å². The monoisotopic (exact) mass is 293 g/mol. The van der Waals surface area contributed by atoms with E-state index in [1.165, 1.54) is 0 Å². The predicted molar refractivity (Wildman–Crippen MR) is 83.6 cm³/mol. The molecule has 2 rings (SSSR count). The molecule has 1 aliphatic rings. The summed E-state index contributed by atoms with van der Waals surface area (Å²) < 4.78 is 5.12. The van der Waals surface area contributed by atoms with E-state index in [0.29, 0.717) is 11.6 Å². The molecule has 0 aliphatic carbocycles. The third-order valence-corrected chi connectivity index (χ3v) is 4.22. The minimum absolute atomic E-state index is 0.0880. The van der Waals surface area contributed by atoms with Crippen molar-refractivity contribution in [3.63, 3.8) is 0 Å². The Hall–Kier alpha value is -1.33. The standard InChI is InChI=1S/C16H27N3O2/c1-4-14-5-6-15(17-14)16(20)18(2)11-13-7-8-19(12-13)9-10-21-3/h5-6,13,17H,4,7-12H2,1-3H3/t13-/m1/s1. The second kappa shape index (κ2) is 7.61. The van der Waals surface area contributed by atoms with Crippen LogP contribution in [0.3, 0.4) is 0 Å². The summed E-state index contributed by atoms with van der Waals surface area (Å²) in [5.41, 5.74) is 1.81. The van der Waals surface area contributed by atoms with Crippen LogP contribution >= 0.6 is 0 Å². The van der Waals surface area contributed by atoms with Crippen LogP contribution in [0, 0.1) is 5.92 Å². The molecule has 21 heavy (non-hydrogen) atoms. The van der Waals surface area contributed by atoms with Crippen LogP contribution in [0.5, 0.6) is 0 Å². The highest BCUT2D eigenvalue weighted by Crippen LogP contribution is 2.17. The number of likely N-dealkylation sites (tertiary alicyclic amines) is 1. The lowest BCUT2D eigenvalue weighted by molar-refractivity contribution is 0.0766. The molecule has 0 aromatic carbocycles. The number of methoxy groups -OCH3 is 1. The van der Waals surface area contributed by atoms with E-state index in [0.717, 1.165) is 51.3 Å². The van der Waals surface area contributed by atoms with Gasteiger partial charge in [-0.05, 0) is 37.4 Å². The normalized spacial score (nSPS) is 19.1. The molecule has 1 aliphatic heterocycles. The van der Waals surface area contributed by atoms with Gasteiger partial charge in [0.25, 0.3) is 5.91 Å². The molecule has 0 spiro atoms. The molecule has 0 bridgehead atoms. The number of hydrogen-bond donors (Lipinski definition) is 1. The maximum atomic E-state index is 12.4. The van der Waals surface area contributed by atoms with Crippen molar-refractivity contribution < 1.29 is 9.53 Å². The van der Waals surface area contributed by atoms with Gasteiger partial charge in [0.05, 0.1) is 6.61 Å². The maximum Gasteiger partial charge on any atom is 0.270 e. The zero-order valence-corrected chi connectivity index (χ0v) is 13.4. The van der Waals surface area contributed by atoms with Crippen molar-refractivity contribution in [2.24, 2.45) is 5.92 Å². The summed E-state index contributed by atoms with van der Waals surface area (Å²) in [7, 11) is 3.63. The van der Waals surface area contributed by atoms with E-state index in [4.69, 9.17) is 4.74 Å². The molecule has 5 nitrogen and oxygen atoms in total. The Morgan fingerprint density at radius 3 is 3.00 bits per heavy atom. The molecule has 5 heteroatoms. The number of carbonyl (C=O) groups excluding carboxylic acids is 1. The molecule has 0 unspecified atom stereocenters. The number of aryl methyl sites for hydroxylation is 1. The molecule has 0 radical (unpaired) electrons. The molecule has 1 N–H and O–H groups in total. The van der Waals surface area contributed by atoms with Crippen LogP contribution in [-0.2, 0) is 11.2 Å². The Bertz CT molecular complexity index is 458. The minimum atomic E-state index is 0.0880. The maximum absolute atomic E-state index is 12.4. The number of rotatable bonds is 7.